The van der Waals surface area contributed by atoms with E-state index in [2.05, 4.69) is 25.9 Å². The Hall–Kier alpha value is -3.74. The molecule has 1 atom stereocenters. The standard InChI is InChI=1S/C20H18N6O/c27-19(23-24-20-21-12-7-13-22-20)17-14-18(15-8-3-1-4-9-15)26(25-17)16-10-5-2-6-11-16/h1-13,18H,14H2,(H,23,27)(H,21,22,24). The maximum atomic E-state index is 12.6. The second kappa shape index (κ2) is 7.65. The van der Waals surface area contributed by atoms with Crippen LogP contribution in [0, 0.1) is 0 Å². The fourth-order valence-corrected chi connectivity index (χ4v) is 2.95. The van der Waals surface area contributed by atoms with Gasteiger partial charge < -0.3 is 0 Å². The number of amides is 1. The van der Waals surface area contributed by atoms with Gasteiger partial charge in [-0.15, -0.1) is 0 Å². The summed E-state index contributed by atoms with van der Waals surface area (Å²) in [4.78, 5) is 20.6. The highest BCUT2D eigenvalue weighted by Gasteiger charge is 2.32. The van der Waals surface area contributed by atoms with E-state index < -0.39 is 0 Å². The Balaban J connectivity index is 1.55. The first-order chi connectivity index (χ1) is 13.3. The third-order valence-electron chi connectivity index (χ3n) is 4.23. The quantitative estimate of drug-likeness (QED) is 0.685. The van der Waals surface area contributed by atoms with Crippen molar-refractivity contribution < 1.29 is 4.79 Å². The molecule has 27 heavy (non-hydrogen) atoms. The van der Waals surface area contributed by atoms with Crippen molar-refractivity contribution >= 4 is 23.3 Å². The van der Waals surface area contributed by atoms with Gasteiger partial charge in [-0.2, -0.15) is 5.10 Å². The number of benzene rings is 2. The number of nitrogens with one attached hydrogen (secondary N) is 2. The van der Waals surface area contributed by atoms with Crippen molar-refractivity contribution in [2.45, 2.75) is 12.5 Å². The van der Waals surface area contributed by atoms with Gasteiger partial charge in [0, 0.05) is 18.8 Å². The van der Waals surface area contributed by atoms with E-state index >= 15 is 0 Å². The van der Waals surface area contributed by atoms with Crippen LogP contribution in [0.15, 0.2) is 84.2 Å². The van der Waals surface area contributed by atoms with Gasteiger partial charge in [-0.25, -0.2) is 9.97 Å². The van der Waals surface area contributed by atoms with Crippen molar-refractivity contribution in [3.63, 3.8) is 0 Å². The van der Waals surface area contributed by atoms with Crippen LogP contribution in [0.4, 0.5) is 11.6 Å². The lowest BCUT2D eigenvalue weighted by atomic mass is 10.0. The topological polar surface area (TPSA) is 82.5 Å². The first kappa shape index (κ1) is 16.7. The number of aromatic nitrogens is 2. The van der Waals surface area contributed by atoms with E-state index in [-0.39, 0.29) is 11.9 Å². The number of nitrogens with zero attached hydrogens (tertiary/aromatic N) is 4. The molecule has 2 N–H and O–H groups in total. The fraction of sp³-hybridized carbons (Fsp3) is 0.100. The first-order valence-electron chi connectivity index (χ1n) is 8.61. The number of para-hydroxylation sites is 1. The van der Waals surface area contributed by atoms with Crippen LogP contribution < -0.4 is 15.9 Å². The summed E-state index contributed by atoms with van der Waals surface area (Å²) in [6.45, 7) is 0. The molecule has 0 saturated carbocycles. The number of anilines is 2. The van der Waals surface area contributed by atoms with Gasteiger partial charge in [-0.3, -0.25) is 20.7 Å². The second-order valence-corrected chi connectivity index (χ2v) is 6.01. The minimum absolute atomic E-state index is 0.0395. The number of hydrazine groups is 1. The van der Waals surface area contributed by atoms with Gasteiger partial charge in [0.15, 0.2) is 0 Å². The van der Waals surface area contributed by atoms with Crippen molar-refractivity contribution in [3.05, 3.63) is 84.7 Å². The lowest BCUT2D eigenvalue weighted by Crippen LogP contribution is -2.35. The lowest BCUT2D eigenvalue weighted by Gasteiger charge is -2.23. The summed E-state index contributed by atoms with van der Waals surface area (Å²) < 4.78 is 0. The SMILES string of the molecule is O=C(NNc1ncccn1)C1=NN(c2ccccc2)C(c2ccccc2)C1. The van der Waals surface area contributed by atoms with Crippen molar-refractivity contribution in [2.24, 2.45) is 5.10 Å². The molecule has 1 unspecified atom stereocenters. The Morgan fingerprint density at radius 3 is 2.30 bits per heavy atom. The van der Waals surface area contributed by atoms with E-state index in [4.69, 9.17) is 0 Å². The van der Waals surface area contributed by atoms with Crippen LogP contribution in [0.2, 0.25) is 0 Å². The van der Waals surface area contributed by atoms with Gasteiger partial charge in [0.2, 0.25) is 5.95 Å². The van der Waals surface area contributed by atoms with Gasteiger partial charge in [0.05, 0.1) is 11.7 Å². The van der Waals surface area contributed by atoms with E-state index in [0.717, 1.165) is 11.3 Å². The van der Waals surface area contributed by atoms with Crippen LogP contribution in [0.25, 0.3) is 0 Å². The van der Waals surface area contributed by atoms with Crippen LogP contribution in [0.5, 0.6) is 0 Å². The van der Waals surface area contributed by atoms with Gasteiger partial charge in [-0.05, 0) is 23.8 Å². The minimum Gasteiger partial charge on any atom is -0.266 e. The van der Waals surface area contributed by atoms with Crippen LogP contribution in [0.3, 0.4) is 0 Å². The molecule has 1 aromatic heterocycles. The highest BCUT2D eigenvalue weighted by molar-refractivity contribution is 6.39. The molecule has 7 nitrogen and oxygen atoms in total. The summed E-state index contributed by atoms with van der Waals surface area (Å²) in [6, 6.07) is 21.6. The predicted octanol–water partition coefficient (Wildman–Crippen LogP) is 2.93. The minimum atomic E-state index is -0.304. The van der Waals surface area contributed by atoms with Gasteiger partial charge in [0.25, 0.3) is 5.91 Å². The van der Waals surface area contributed by atoms with E-state index in [1.165, 1.54) is 0 Å². The maximum absolute atomic E-state index is 12.6. The summed E-state index contributed by atoms with van der Waals surface area (Å²) in [7, 11) is 0. The van der Waals surface area contributed by atoms with Crippen molar-refractivity contribution in [2.75, 3.05) is 10.4 Å². The molecule has 1 amide bonds. The predicted molar refractivity (Wildman–Crippen MR) is 104 cm³/mol. The van der Waals surface area contributed by atoms with Crippen molar-refractivity contribution in [1.29, 1.82) is 0 Å². The molecule has 1 aliphatic rings. The third-order valence-corrected chi connectivity index (χ3v) is 4.23. The molecule has 7 heteroatoms. The Morgan fingerprint density at radius 2 is 1.59 bits per heavy atom. The summed E-state index contributed by atoms with van der Waals surface area (Å²) in [6.07, 6.45) is 3.69. The van der Waals surface area contributed by atoms with E-state index in [0.29, 0.717) is 18.1 Å². The molecular formula is C20H18N6O. The molecule has 0 bridgehead atoms. The molecule has 2 heterocycles. The number of hydrogen-bond acceptors (Lipinski definition) is 6. The number of rotatable bonds is 5. The fourth-order valence-electron chi connectivity index (χ4n) is 2.95. The van der Waals surface area contributed by atoms with Gasteiger partial charge >= 0.3 is 0 Å². The summed E-state index contributed by atoms with van der Waals surface area (Å²) in [5, 5.41) is 6.48. The van der Waals surface area contributed by atoms with Gasteiger partial charge in [0.1, 0.15) is 5.71 Å². The zero-order valence-corrected chi connectivity index (χ0v) is 14.5. The molecule has 0 fully saturated rings. The van der Waals surface area contributed by atoms with Gasteiger partial charge in [-0.1, -0.05) is 48.5 Å². The Morgan fingerprint density at radius 1 is 0.926 bits per heavy atom. The normalized spacial score (nSPS) is 15.9. The highest BCUT2D eigenvalue weighted by Crippen LogP contribution is 2.34. The Kier molecular flexibility index (Phi) is 4.74. The molecule has 1 aliphatic heterocycles. The largest absolute Gasteiger partial charge is 0.285 e. The first-order valence-corrected chi connectivity index (χ1v) is 8.61. The average molecular weight is 358 g/mol. The number of hydrogen-bond donors (Lipinski definition) is 2. The number of carbonyl (C=O) groups excluding carboxylic acids is 1. The molecule has 2 aromatic carbocycles. The zero-order valence-electron chi connectivity index (χ0n) is 14.5. The summed E-state index contributed by atoms with van der Waals surface area (Å²) >= 11 is 0. The number of carbonyl (C=O) groups is 1. The molecule has 134 valence electrons. The lowest BCUT2D eigenvalue weighted by molar-refractivity contribution is -0.114. The number of hydrazone groups is 1. The average Bonchev–Trinajstić information content (AvgIpc) is 3.20. The highest BCUT2D eigenvalue weighted by atomic mass is 16.2. The molecule has 0 aliphatic carbocycles. The molecule has 0 saturated heterocycles. The molecular weight excluding hydrogens is 340 g/mol. The molecule has 4 rings (SSSR count). The smallest absolute Gasteiger partial charge is 0.266 e. The molecule has 0 radical (unpaired) electrons. The van der Waals surface area contributed by atoms with Crippen molar-refractivity contribution in [3.8, 4) is 0 Å². The van der Waals surface area contributed by atoms with E-state index in [1.54, 1.807) is 18.5 Å². The zero-order chi connectivity index (χ0) is 18.5. The third kappa shape index (κ3) is 3.77. The second-order valence-electron chi connectivity index (χ2n) is 6.01. The Labute approximate surface area is 156 Å². The molecule has 0 spiro atoms. The van der Waals surface area contributed by atoms with Crippen molar-refractivity contribution in [1.82, 2.24) is 15.4 Å². The maximum Gasteiger partial charge on any atom is 0.285 e. The van der Waals surface area contributed by atoms with E-state index in [1.807, 2.05) is 65.7 Å². The van der Waals surface area contributed by atoms with Crippen LogP contribution >= 0.6 is 0 Å². The van der Waals surface area contributed by atoms with E-state index in [9.17, 15) is 4.79 Å². The van der Waals surface area contributed by atoms with Crippen LogP contribution in [-0.2, 0) is 4.79 Å². The monoisotopic (exact) mass is 358 g/mol. The summed E-state index contributed by atoms with van der Waals surface area (Å²) in [5.41, 5.74) is 7.81. The summed E-state index contributed by atoms with van der Waals surface area (Å²) in [5.74, 6) is 0.0192. The Bertz CT molecular complexity index is 930. The van der Waals surface area contributed by atoms with Crippen LogP contribution in [0.1, 0.15) is 18.0 Å². The molecule has 3 aromatic rings. The van der Waals surface area contributed by atoms with Crippen LogP contribution in [-0.4, -0.2) is 21.6 Å².